The normalized spacial score (nSPS) is 34.2. The van der Waals surface area contributed by atoms with Gasteiger partial charge in [0, 0.05) is 24.9 Å². The smallest absolute Gasteiger partial charge is 0.136 e. The topological polar surface area (TPSA) is 23.6 Å². The lowest BCUT2D eigenvalue weighted by molar-refractivity contribution is -0.120. The molecule has 108 valence electrons. The number of hydrogen-bond acceptors (Lipinski definition) is 3. The zero-order valence-corrected chi connectivity index (χ0v) is 12.1. The van der Waals surface area contributed by atoms with Gasteiger partial charge >= 0.3 is 0 Å². The van der Waals surface area contributed by atoms with Crippen LogP contribution in [-0.4, -0.2) is 54.3 Å². The molecule has 2 atom stereocenters. The summed E-state index contributed by atoms with van der Waals surface area (Å²) in [5.74, 6) is 0.931. The molecule has 2 aliphatic heterocycles. The molecule has 1 saturated carbocycles. The summed E-state index contributed by atoms with van der Waals surface area (Å²) in [6.07, 6.45) is 9.82. The van der Waals surface area contributed by atoms with E-state index < -0.39 is 0 Å². The van der Waals surface area contributed by atoms with E-state index in [9.17, 15) is 4.79 Å². The van der Waals surface area contributed by atoms with E-state index in [0.29, 0.717) is 11.7 Å². The SMILES string of the molecule is O=C1CCCC1CCN1CCC(N2CCCCC2)C1. The summed E-state index contributed by atoms with van der Waals surface area (Å²) in [6.45, 7) is 6.29. The molecule has 1 aliphatic carbocycles. The Labute approximate surface area is 117 Å². The van der Waals surface area contributed by atoms with Crippen molar-refractivity contribution in [1.29, 1.82) is 0 Å². The van der Waals surface area contributed by atoms with Crippen LogP contribution in [0.15, 0.2) is 0 Å². The first-order valence-corrected chi connectivity index (χ1v) is 8.32. The monoisotopic (exact) mass is 264 g/mol. The number of carbonyl (C=O) groups excluding carboxylic acids is 1. The molecule has 3 heteroatoms. The maximum atomic E-state index is 11.7. The first kappa shape index (κ1) is 13.6. The zero-order chi connectivity index (χ0) is 13.1. The highest BCUT2D eigenvalue weighted by atomic mass is 16.1. The highest BCUT2D eigenvalue weighted by molar-refractivity contribution is 5.82. The van der Waals surface area contributed by atoms with Gasteiger partial charge in [-0.1, -0.05) is 6.42 Å². The largest absolute Gasteiger partial charge is 0.302 e. The van der Waals surface area contributed by atoms with Gasteiger partial charge in [0.1, 0.15) is 5.78 Å². The third-order valence-electron chi connectivity index (χ3n) is 5.38. The summed E-state index contributed by atoms with van der Waals surface area (Å²) >= 11 is 0. The molecule has 0 amide bonds. The Morgan fingerprint density at radius 3 is 2.58 bits per heavy atom. The van der Waals surface area contributed by atoms with Gasteiger partial charge in [0.25, 0.3) is 0 Å². The van der Waals surface area contributed by atoms with Gasteiger partial charge in [-0.2, -0.15) is 0 Å². The van der Waals surface area contributed by atoms with Crippen molar-refractivity contribution in [1.82, 2.24) is 9.80 Å². The third-order valence-corrected chi connectivity index (χ3v) is 5.38. The lowest BCUT2D eigenvalue weighted by Gasteiger charge is -2.32. The van der Waals surface area contributed by atoms with E-state index in [-0.39, 0.29) is 0 Å². The van der Waals surface area contributed by atoms with Crippen LogP contribution in [-0.2, 0) is 4.79 Å². The van der Waals surface area contributed by atoms with Crippen molar-refractivity contribution in [3.8, 4) is 0 Å². The van der Waals surface area contributed by atoms with E-state index in [4.69, 9.17) is 0 Å². The van der Waals surface area contributed by atoms with Crippen molar-refractivity contribution in [2.24, 2.45) is 5.92 Å². The van der Waals surface area contributed by atoms with Crippen molar-refractivity contribution >= 4 is 5.78 Å². The Kier molecular flexibility index (Phi) is 4.54. The molecule has 3 nitrogen and oxygen atoms in total. The molecule has 0 aromatic carbocycles. The van der Waals surface area contributed by atoms with Crippen LogP contribution in [0.1, 0.15) is 51.4 Å². The minimum atomic E-state index is 0.397. The second-order valence-corrected chi connectivity index (χ2v) is 6.68. The number of nitrogens with zero attached hydrogens (tertiary/aromatic N) is 2. The standard InChI is InChI=1S/C16H28N2O/c19-16-6-4-5-14(16)7-11-17-12-8-15(13-17)18-9-2-1-3-10-18/h14-15H,1-13H2. The van der Waals surface area contributed by atoms with Crippen molar-refractivity contribution in [3.63, 3.8) is 0 Å². The van der Waals surface area contributed by atoms with Crippen LogP contribution in [0.5, 0.6) is 0 Å². The summed E-state index contributed by atoms with van der Waals surface area (Å²) in [7, 11) is 0. The Bertz CT molecular complexity index is 312. The molecule has 3 aliphatic rings. The van der Waals surface area contributed by atoms with Crippen molar-refractivity contribution in [2.45, 2.75) is 57.4 Å². The Morgan fingerprint density at radius 2 is 1.84 bits per heavy atom. The maximum absolute atomic E-state index is 11.7. The van der Waals surface area contributed by atoms with Crippen molar-refractivity contribution in [2.75, 3.05) is 32.7 Å². The molecule has 2 unspecified atom stereocenters. The summed E-state index contributed by atoms with van der Waals surface area (Å²) in [6, 6.07) is 0.805. The van der Waals surface area contributed by atoms with E-state index in [2.05, 4.69) is 9.80 Å². The van der Waals surface area contributed by atoms with Crippen LogP contribution in [0, 0.1) is 5.92 Å². The molecule has 0 bridgehead atoms. The summed E-state index contributed by atoms with van der Waals surface area (Å²) < 4.78 is 0. The summed E-state index contributed by atoms with van der Waals surface area (Å²) in [5.41, 5.74) is 0. The number of carbonyl (C=O) groups is 1. The average molecular weight is 264 g/mol. The molecule has 19 heavy (non-hydrogen) atoms. The quantitative estimate of drug-likeness (QED) is 0.778. The van der Waals surface area contributed by atoms with Gasteiger partial charge in [0.05, 0.1) is 0 Å². The van der Waals surface area contributed by atoms with E-state index >= 15 is 0 Å². The van der Waals surface area contributed by atoms with Crippen molar-refractivity contribution < 1.29 is 4.79 Å². The van der Waals surface area contributed by atoms with Crippen LogP contribution in [0.3, 0.4) is 0 Å². The number of rotatable bonds is 4. The second-order valence-electron chi connectivity index (χ2n) is 6.68. The lowest BCUT2D eigenvalue weighted by Crippen LogP contribution is -2.41. The first-order valence-electron chi connectivity index (χ1n) is 8.32. The average Bonchev–Trinajstić information content (AvgIpc) is 3.06. The molecular weight excluding hydrogens is 236 g/mol. The van der Waals surface area contributed by atoms with Gasteiger partial charge in [-0.3, -0.25) is 9.69 Å². The molecule has 0 aromatic rings. The molecule has 3 fully saturated rings. The Balaban J connectivity index is 1.40. The number of hydrogen-bond donors (Lipinski definition) is 0. The molecule has 2 saturated heterocycles. The van der Waals surface area contributed by atoms with Gasteiger partial charge in [-0.15, -0.1) is 0 Å². The third kappa shape index (κ3) is 3.38. The van der Waals surface area contributed by atoms with Crippen LogP contribution in [0.4, 0.5) is 0 Å². The van der Waals surface area contributed by atoms with Gasteiger partial charge in [0.15, 0.2) is 0 Å². The zero-order valence-electron chi connectivity index (χ0n) is 12.1. The molecule has 0 spiro atoms. The van der Waals surface area contributed by atoms with Gasteiger partial charge in [0.2, 0.25) is 0 Å². The fourth-order valence-corrected chi connectivity index (χ4v) is 4.13. The van der Waals surface area contributed by atoms with Crippen molar-refractivity contribution in [3.05, 3.63) is 0 Å². The van der Waals surface area contributed by atoms with E-state index in [1.807, 2.05) is 0 Å². The van der Waals surface area contributed by atoms with Gasteiger partial charge < -0.3 is 4.90 Å². The minimum absolute atomic E-state index is 0.397. The molecule has 0 aromatic heterocycles. The second kappa shape index (κ2) is 6.36. The van der Waals surface area contributed by atoms with Gasteiger partial charge in [-0.05, 0) is 64.7 Å². The molecule has 3 rings (SSSR count). The maximum Gasteiger partial charge on any atom is 0.136 e. The fourth-order valence-electron chi connectivity index (χ4n) is 4.13. The van der Waals surface area contributed by atoms with Crippen LogP contribution in [0.25, 0.3) is 0 Å². The summed E-state index contributed by atoms with van der Waals surface area (Å²) in [4.78, 5) is 17.0. The Hall–Kier alpha value is -0.410. The predicted molar refractivity (Wildman–Crippen MR) is 77.2 cm³/mol. The van der Waals surface area contributed by atoms with E-state index in [0.717, 1.165) is 38.3 Å². The molecule has 0 radical (unpaired) electrons. The molecular formula is C16H28N2O. The fraction of sp³-hybridized carbons (Fsp3) is 0.938. The highest BCUT2D eigenvalue weighted by Crippen LogP contribution is 2.26. The number of likely N-dealkylation sites (tertiary alicyclic amines) is 2. The number of Topliss-reactive ketones (excluding diaryl/α,β-unsaturated/α-hetero) is 1. The molecule has 0 N–H and O–H groups in total. The van der Waals surface area contributed by atoms with E-state index in [1.54, 1.807) is 0 Å². The van der Waals surface area contributed by atoms with Crippen LogP contribution < -0.4 is 0 Å². The Morgan fingerprint density at radius 1 is 1.00 bits per heavy atom. The number of ketones is 1. The lowest BCUT2D eigenvalue weighted by atomic mass is 10.0. The predicted octanol–water partition coefficient (Wildman–Crippen LogP) is 2.31. The van der Waals surface area contributed by atoms with Crippen LogP contribution in [0.2, 0.25) is 0 Å². The van der Waals surface area contributed by atoms with E-state index in [1.165, 1.54) is 51.9 Å². The van der Waals surface area contributed by atoms with Crippen LogP contribution >= 0.6 is 0 Å². The first-order chi connectivity index (χ1) is 9.33. The highest BCUT2D eigenvalue weighted by Gasteiger charge is 2.30. The number of piperidine rings is 1. The summed E-state index contributed by atoms with van der Waals surface area (Å²) in [5, 5.41) is 0. The van der Waals surface area contributed by atoms with Gasteiger partial charge in [-0.25, -0.2) is 0 Å². The minimum Gasteiger partial charge on any atom is -0.302 e. The molecule has 2 heterocycles.